The van der Waals surface area contributed by atoms with Gasteiger partial charge >= 0.3 is 0 Å². The van der Waals surface area contributed by atoms with E-state index in [1.807, 2.05) is 0 Å². The minimum atomic E-state index is -3.16. The zero-order valence-electron chi connectivity index (χ0n) is 34.0. The summed E-state index contributed by atoms with van der Waals surface area (Å²) in [5.74, 6) is -14.2. The van der Waals surface area contributed by atoms with E-state index in [0.29, 0.717) is 11.3 Å². The van der Waals surface area contributed by atoms with Crippen molar-refractivity contribution in [3.8, 4) is 0 Å². The molecule has 0 radical (unpaired) electrons. The van der Waals surface area contributed by atoms with E-state index in [2.05, 4.69) is 42.5 Å². The first kappa shape index (κ1) is 45.4. The van der Waals surface area contributed by atoms with Gasteiger partial charge in [-0.2, -0.15) is 0 Å². The summed E-state index contributed by atoms with van der Waals surface area (Å²) in [6.45, 7) is 3.45. The maximum atomic E-state index is 17.0. The Hall–Kier alpha value is -2.35. The smallest absolute Gasteiger partial charge is 0.165 e. The average Bonchev–Trinajstić information content (AvgIpc) is 3.98. The fourth-order valence-electron chi connectivity index (χ4n) is 13.2. The molecule has 0 spiro atoms. The Kier molecular flexibility index (Phi) is 11.7. The molecule has 0 amide bonds. The number of anilines is 1. The highest BCUT2D eigenvalue weighted by Gasteiger charge is 2.69. The van der Waals surface area contributed by atoms with Crippen LogP contribution in [0.2, 0.25) is 0 Å². The maximum Gasteiger partial charge on any atom is 0.165 e. The molecule has 10 rings (SSSR count). The predicted octanol–water partition coefficient (Wildman–Crippen LogP) is 4.18. The maximum absolute atomic E-state index is 17.0. The summed E-state index contributed by atoms with van der Waals surface area (Å²) >= 11 is 0. The van der Waals surface area contributed by atoms with Gasteiger partial charge < -0.3 is 5.32 Å². The first-order chi connectivity index (χ1) is 30.3. The van der Waals surface area contributed by atoms with E-state index in [-0.39, 0.29) is 5.12 Å². The summed E-state index contributed by atoms with van der Waals surface area (Å²) < 4.78 is 238. The van der Waals surface area contributed by atoms with Crippen LogP contribution in [-0.4, -0.2) is 147 Å². The molecule has 9 aliphatic rings. The second-order valence-corrected chi connectivity index (χ2v) is 19.5. The van der Waals surface area contributed by atoms with Gasteiger partial charge in [-0.1, -0.05) is 17.7 Å². The number of hydrogen-bond acceptors (Lipinski definition) is 9. The van der Waals surface area contributed by atoms with E-state index in [0.717, 1.165) is 5.56 Å². The average molecular weight is 942 g/mol. The van der Waals surface area contributed by atoms with Crippen molar-refractivity contribution in [1.82, 2.24) is 42.3 Å². The molecule has 0 aromatic heterocycles. The predicted molar refractivity (Wildman–Crippen MR) is 200 cm³/mol. The second kappa shape index (κ2) is 16.4. The van der Waals surface area contributed by atoms with E-state index in [4.69, 9.17) is 0 Å². The highest BCUT2D eigenvalue weighted by atomic mass is 19.2. The van der Waals surface area contributed by atoms with Gasteiger partial charge in [0.2, 0.25) is 0 Å². The zero-order valence-corrected chi connectivity index (χ0v) is 34.0. The molecule has 9 fully saturated rings. The molecule has 8 bridgehead atoms. The molecule has 5 heterocycles. The van der Waals surface area contributed by atoms with Crippen molar-refractivity contribution in [3.05, 3.63) is 29.3 Å². The van der Waals surface area contributed by atoms with Gasteiger partial charge in [0, 0.05) is 47.1 Å². The summed E-state index contributed by atoms with van der Waals surface area (Å²) in [4.78, 5) is 0. The van der Waals surface area contributed by atoms with Crippen LogP contribution in [0.15, 0.2) is 18.2 Å². The summed E-state index contributed by atoms with van der Waals surface area (Å²) in [6, 6.07) is 3.37. The minimum absolute atomic E-state index is 0.297. The van der Waals surface area contributed by atoms with E-state index in [1.54, 1.807) is 32.0 Å². The van der Waals surface area contributed by atoms with Crippen LogP contribution in [0, 0.1) is 61.2 Å². The third-order valence-corrected chi connectivity index (χ3v) is 16.2. The van der Waals surface area contributed by atoms with Gasteiger partial charge in [0.15, 0.2) is 43.2 Å². The largest absolute Gasteiger partial charge is 0.379 e. The molecule has 4 aliphatic carbocycles. The number of alkyl halides is 14. The highest BCUT2D eigenvalue weighted by Crippen LogP contribution is 2.52. The van der Waals surface area contributed by atoms with Crippen molar-refractivity contribution < 1.29 is 65.9 Å². The Bertz CT molecular complexity index is 1890. The van der Waals surface area contributed by atoms with Gasteiger partial charge in [-0.25, -0.2) is 61.5 Å². The lowest BCUT2D eigenvalue weighted by atomic mass is 9.71. The molecule has 1 aromatic rings. The monoisotopic (exact) mass is 941 g/mol. The van der Waals surface area contributed by atoms with Crippen LogP contribution in [0.3, 0.4) is 0 Å². The number of benzene rings is 1. The lowest BCUT2D eigenvalue weighted by Crippen LogP contribution is -2.63. The molecule has 5 saturated heterocycles. The van der Waals surface area contributed by atoms with Crippen molar-refractivity contribution in [2.45, 2.75) is 162 Å². The number of aryl methyl sites for hydroxylation is 2. The Labute approximate surface area is 357 Å². The first-order valence-corrected chi connectivity index (χ1v) is 21.9. The summed E-state index contributed by atoms with van der Waals surface area (Å²) in [6.07, 6.45) is -54.7. The van der Waals surface area contributed by atoms with Gasteiger partial charge in [-0.05, 0) is 37.8 Å². The third kappa shape index (κ3) is 6.73. The second-order valence-electron chi connectivity index (χ2n) is 19.5. The van der Waals surface area contributed by atoms with Crippen LogP contribution in [0.5, 0.6) is 0 Å². The van der Waals surface area contributed by atoms with Crippen molar-refractivity contribution in [3.63, 3.8) is 0 Å². The van der Waals surface area contributed by atoms with Crippen LogP contribution in [0.4, 0.5) is 71.6 Å². The Morgan fingerprint density at radius 1 is 0.438 bits per heavy atom. The highest BCUT2D eigenvalue weighted by molar-refractivity contribution is 5.53. The van der Waals surface area contributed by atoms with Crippen molar-refractivity contribution in [2.75, 3.05) is 5.32 Å². The van der Waals surface area contributed by atoms with E-state index < -0.39 is 196 Å². The Morgan fingerprint density at radius 2 is 0.828 bits per heavy atom. The van der Waals surface area contributed by atoms with Gasteiger partial charge in [0.1, 0.15) is 43.2 Å². The molecule has 5 aliphatic heterocycles. The summed E-state index contributed by atoms with van der Waals surface area (Å²) in [7, 11) is 0. The molecule has 24 heteroatoms. The molecule has 1 aromatic carbocycles. The Balaban J connectivity index is 1.10. The minimum Gasteiger partial charge on any atom is -0.379 e. The number of hydrogen-bond donors (Lipinski definition) is 8. The number of rotatable bonds is 2. The van der Waals surface area contributed by atoms with E-state index in [9.17, 15) is 0 Å². The van der Waals surface area contributed by atoms with Crippen molar-refractivity contribution in [2.24, 2.45) is 47.3 Å². The van der Waals surface area contributed by atoms with Crippen LogP contribution < -0.4 is 42.5 Å². The van der Waals surface area contributed by atoms with Gasteiger partial charge in [0.25, 0.3) is 0 Å². The summed E-state index contributed by atoms with van der Waals surface area (Å²) in [5, 5.41) is 22.2. The fraction of sp³-hybridized carbons (Fsp3) is 0.850. The number of nitrogens with one attached hydrogen (secondary N) is 8. The lowest BCUT2D eigenvalue weighted by molar-refractivity contribution is -0.0974. The lowest BCUT2D eigenvalue weighted by Gasteiger charge is -2.45. The van der Waals surface area contributed by atoms with Crippen LogP contribution in [0.25, 0.3) is 0 Å². The standard InChI is InChI=1S/C40H50F15N9/c1-7-3-4-11(8(2)5-7)56-32-18-15(23(46)30(53)31(32)54)36-58-33-9-6-10(41)19(42)20(43)12(9)34(57-33)62-39-16-17(25(48)29(52)28(51)24(16)47)40(64(39)55)63-37-14-13(35(59-37)60-38(18)61-36)21(44)26(49)27(50)22(14)45/h3-5,9-10,12-40,56-63H,6H2,1-2H3. The fourth-order valence-corrected chi connectivity index (χ4v) is 13.2. The molecule has 9 nitrogen and oxygen atoms in total. The number of fused-ring (bicyclic) bond motifs is 20. The van der Waals surface area contributed by atoms with E-state index in [1.165, 1.54) is 0 Å². The van der Waals surface area contributed by atoms with E-state index >= 15 is 65.9 Å². The van der Waals surface area contributed by atoms with Crippen LogP contribution >= 0.6 is 0 Å². The first-order valence-electron chi connectivity index (χ1n) is 21.9. The van der Waals surface area contributed by atoms with Crippen molar-refractivity contribution >= 4 is 5.69 Å². The number of halogens is 15. The molecule has 4 saturated carbocycles. The van der Waals surface area contributed by atoms with Crippen LogP contribution in [-0.2, 0) is 0 Å². The van der Waals surface area contributed by atoms with Gasteiger partial charge in [0.05, 0.1) is 55.4 Å². The molecule has 64 heavy (non-hydrogen) atoms. The molecular formula is C40H50F15N9. The quantitative estimate of drug-likeness (QED) is 0.164. The molecule has 31 atom stereocenters. The zero-order chi connectivity index (χ0) is 45.7. The number of nitrogens with zero attached hydrogens (tertiary/aromatic N) is 1. The summed E-state index contributed by atoms with van der Waals surface area (Å²) in [5.41, 5.74) is 1.70. The molecule has 31 unspecified atom stereocenters. The SMILES string of the molecule is Cc1ccc(NC2C(F)C(F)C(F)C3C4NC5NC(NC6C7C(F)C(F)C(F)C(F)C7C(NC7NC(NC(N4)C23)C2C(F)C(F)C(F)C(F)C72)N6F)C2C(F)C(F)C(F)CC52)c(C)c1. The normalized spacial score (nSPS) is 58.3. The third-order valence-electron chi connectivity index (χ3n) is 16.2. The Morgan fingerprint density at radius 3 is 1.33 bits per heavy atom. The van der Waals surface area contributed by atoms with Gasteiger partial charge in [-0.15, -0.1) is 9.60 Å². The molecule has 8 N–H and O–H groups in total. The van der Waals surface area contributed by atoms with Gasteiger partial charge in [-0.3, -0.25) is 37.2 Å². The molecule has 360 valence electrons. The topological polar surface area (TPSA) is 99.5 Å². The van der Waals surface area contributed by atoms with Crippen LogP contribution in [0.1, 0.15) is 17.5 Å². The van der Waals surface area contributed by atoms with Crippen molar-refractivity contribution in [1.29, 1.82) is 0 Å². The molecular weight excluding hydrogens is 891 g/mol.